The summed E-state index contributed by atoms with van der Waals surface area (Å²) in [5, 5.41) is 12.8. The number of carbonyl (C=O) groups is 1. The van der Waals surface area contributed by atoms with Gasteiger partial charge in [-0.2, -0.15) is 5.21 Å². The van der Waals surface area contributed by atoms with Gasteiger partial charge >= 0.3 is 0 Å². The average Bonchev–Trinajstić information content (AvgIpc) is 2.97. The molecule has 1 aliphatic rings. The summed E-state index contributed by atoms with van der Waals surface area (Å²) in [5.74, 6) is -0.748. The van der Waals surface area contributed by atoms with Crippen LogP contribution in [0.25, 0.3) is 0 Å². The molecule has 0 saturated carbocycles. The number of halogens is 1. The highest BCUT2D eigenvalue weighted by atomic mass is 19.1. The van der Waals surface area contributed by atoms with E-state index >= 15 is 0 Å². The Labute approximate surface area is 95.4 Å². The summed E-state index contributed by atoms with van der Waals surface area (Å²) in [6.45, 7) is 0.506. The third-order valence-corrected chi connectivity index (χ3v) is 2.72. The molecule has 2 heterocycles. The molecular weight excluding hydrogens is 225 g/mol. The van der Waals surface area contributed by atoms with Gasteiger partial charge in [-0.15, -0.1) is 10.2 Å². The van der Waals surface area contributed by atoms with Crippen LogP contribution in [0.15, 0.2) is 18.2 Å². The molecule has 17 heavy (non-hydrogen) atoms. The quantitative estimate of drug-likeness (QED) is 0.780. The van der Waals surface area contributed by atoms with Crippen LogP contribution in [0, 0.1) is 5.82 Å². The fourth-order valence-electron chi connectivity index (χ4n) is 1.94. The molecular formula is C10H8FN5O. The van der Waals surface area contributed by atoms with Crippen molar-refractivity contribution in [2.24, 2.45) is 0 Å². The molecule has 0 spiro atoms. The zero-order chi connectivity index (χ0) is 11.8. The van der Waals surface area contributed by atoms with Gasteiger partial charge in [-0.25, -0.2) is 4.39 Å². The summed E-state index contributed by atoms with van der Waals surface area (Å²) in [5.41, 5.74) is 1.53. The topological polar surface area (TPSA) is 74.8 Å². The predicted octanol–water partition coefficient (Wildman–Crippen LogP) is 0.542. The third kappa shape index (κ3) is 1.55. The van der Waals surface area contributed by atoms with Gasteiger partial charge in [-0.1, -0.05) is 6.07 Å². The van der Waals surface area contributed by atoms with Crippen molar-refractivity contribution >= 4 is 11.6 Å². The number of tetrazole rings is 1. The van der Waals surface area contributed by atoms with Crippen LogP contribution >= 0.6 is 0 Å². The number of aromatic nitrogens is 4. The zero-order valence-electron chi connectivity index (χ0n) is 8.72. The Morgan fingerprint density at radius 1 is 1.47 bits per heavy atom. The van der Waals surface area contributed by atoms with Crippen molar-refractivity contribution in [1.82, 2.24) is 20.6 Å². The molecule has 1 N–H and O–H groups in total. The van der Waals surface area contributed by atoms with Gasteiger partial charge in [0.2, 0.25) is 0 Å². The summed E-state index contributed by atoms with van der Waals surface area (Å²) in [6, 6.07) is 4.43. The number of anilines is 1. The first-order valence-electron chi connectivity index (χ1n) is 5.09. The van der Waals surface area contributed by atoms with Crippen LogP contribution in [-0.4, -0.2) is 33.1 Å². The van der Waals surface area contributed by atoms with E-state index in [1.807, 2.05) is 0 Å². The second kappa shape index (κ2) is 3.62. The third-order valence-electron chi connectivity index (χ3n) is 2.72. The van der Waals surface area contributed by atoms with E-state index in [9.17, 15) is 9.18 Å². The van der Waals surface area contributed by atoms with Gasteiger partial charge in [0.25, 0.3) is 11.7 Å². The van der Waals surface area contributed by atoms with Gasteiger partial charge in [0.1, 0.15) is 5.82 Å². The Bertz CT molecular complexity index is 568. The average molecular weight is 233 g/mol. The Morgan fingerprint density at radius 2 is 2.35 bits per heavy atom. The molecule has 1 amide bonds. The Morgan fingerprint density at radius 3 is 3.12 bits per heavy atom. The highest BCUT2D eigenvalue weighted by molar-refractivity contribution is 6.04. The lowest BCUT2D eigenvalue weighted by Gasteiger charge is -2.14. The van der Waals surface area contributed by atoms with Crippen molar-refractivity contribution in [3.05, 3.63) is 35.4 Å². The highest BCUT2D eigenvalue weighted by Gasteiger charge is 2.28. The molecule has 2 aromatic rings. The standard InChI is InChI=1S/C10H8FN5O/c11-7-2-1-6-3-4-16(8(6)5-7)10(17)9-12-14-15-13-9/h1-2,5H,3-4H2,(H,12,13,14,15). The van der Waals surface area contributed by atoms with Crippen LogP contribution in [0.1, 0.15) is 16.2 Å². The second-order valence-corrected chi connectivity index (χ2v) is 3.72. The minimum absolute atomic E-state index is 0.0119. The van der Waals surface area contributed by atoms with Crippen LogP contribution in [0.5, 0.6) is 0 Å². The molecule has 0 fully saturated rings. The van der Waals surface area contributed by atoms with E-state index < -0.39 is 0 Å². The highest BCUT2D eigenvalue weighted by Crippen LogP contribution is 2.29. The molecule has 0 radical (unpaired) electrons. The molecule has 1 aromatic heterocycles. The van der Waals surface area contributed by atoms with Crippen molar-refractivity contribution < 1.29 is 9.18 Å². The van der Waals surface area contributed by atoms with Crippen molar-refractivity contribution in [1.29, 1.82) is 0 Å². The summed E-state index contributed by atoms with van der Waals surface area (Å²) in [7, 11) is 0. The number of hydrogen-bond donors (Lipinski definition) is 1. The van der Waals surface area contributed by atoms with Crippen LogP contribution in [0.3, 0.4) is 0 Å². The molecule has 0 saturated heterocycles. The van der Waals surface area contributed by atoms with Gasteiger partial charge in [-0.05, 0) is 29.3 Å². The minimum Gasteiger partial charge on any atom is -0.305 e. The van der Waals surface area contributed by atoms with Gasteiger partial charge < -0.3 is 4.90 Å². The van der Waals surface area contributed by atoms with E-state index in [2.05, 4.69) is 20.6 Å². The lowest BCUT2D eigenvalue weighted by molar-refractivity contribution is 0.0979. The summed E-state index contributed by atoms with van der Waals surface area (Å²) in [4.78, 5) is 13.5. The smallest absolute Gasteiger partial charge is 0.299 e. The number of carbonyl (C=O) groups excluding carboxylic acids is 1. The largest absolute Gasteiger partial charge is 0.305 e. The number of H-pyrrole nitrogens is 1. The maximum Gasteiger partial charge on any atom is 0.299 e. The first kappa shape index (κ1) is 9.88. The van der Waals surface area contributed by atoms with E-state index in [-0.39, 0.29) is 17.5 Å². The van der Waals surface area contributed by atoms with Crippen molar-refractivity contribution in [2.45, 2.75) is 6.42 Å². The van der Waals surface area contributed by atoms with Gasteiger partial charge in [0, 0.05) is 6.54 Å². The summed E-state index contributed by atoms with van der Waals surface area (Å²) in [6.07, 6.45) is 0.708. The number of nitrogens with one attached hydrogen (secondary N) is 1. The zero-order valence-corrected chi connectivity index (χ0v) is 8.72. The van der Waals surface area contributed by atoms with Gasteiger partial charge in [-0.3, -0.25) is 4.79 Å². The number of hydrogen-bond acceptors (Lipinski definition) is 4. The second-order valence-electron chi connectivity index (χ2n) is 3.72. The molecule has 1 aliphatic heterocycles. The van der Waals surface area contributed by atoms with Crippen LogP contribution in [-0.2, 0) is 6.42 Å². The number of nitrogens with zero attached hydrogens (tertiary/aromatic N) is 4. The van der Waals surface area contributed by atoms with E-state index in [4.69, 9.17) is 0 Å². The Kier molecular flexibility index (Phi) is 2.10. The normalized spacial score (nSPS) is 13.8. The Hall–Kier alpha value is -2.31. The monoisotopic (exact) mass is 233 g/mol. The minimum atomic E-state index is -0.372. The molecule has 0 atom stereocenters. The van der Waals surface area contributed by atoms with Gasteiger partial charge in [0.15, 0.2) is 0 Å². The number of benzene rings is 1. The number of rotatable bonds is 1. The van der Waals surface area contributed by atoms with Crippen LogP contribution in [0.2, 0.25) is 0 Å². The molecule has 6 nitrogen and oxygen atoms in total. The fraction of sp³-hybridized carbons (Fsp3) is 0.200. The van der Waals surface area contributed by atoms with Crippen LogP contribution in [0.4, 0.5) is 10.1 Å². The SMILES string of the molecule is O=C(c1nn[nH]n1)N1CCc2ccc(F)cc21. The fourth-order valence-corrected chi connectivity index (χ4v) is 1.94. The number of aromatic amines is 1. The van der Waals surface area contributed by atoms with Crippen molar-refractivity contribution in [3.8, 4) is 0 Å². The lowest BCUT2D eigenvalue weighted by atomic mass is 10.2. The van der Waals surface area contributed by atoms with E-state index in [1.165, 1.54) is 17.0 Å². The van der Waals surface area contributed by atoms with Gasteiger partial charge in [0.05, 0.1) is 5.69 Å². The molecule has 0 unspecified atom stereocenters. The van der Waals surface area contributed by atoms with E-state index in [0.29, 0.717) is 18.7 Å². The van der Waals surface area contributed by atoms with Crippen LogP contribution < -0.4 is 4.90 Å². The number of amides is 1. The first-order valence-corrected chi connectivity index (χ1v) is 5.09. The van der Waals surface area contributed by atoms with Crippen molar-refractivity contribution in [2.75, 3.05) is 11.4 Å². The summed E-state index contributed by atoms with van der Waals surface area (Å²) >= 11 is 0. The molecule has 7 heteroatoms. The molecule has 1 aromatic carbocycles. The van der Waals surface area contributed by atoms with E-state index in [0.717, 1.165) is 5.56 Å². The maximum atomic E-state index is 13.2. The molecule has 0 bridgehead atoms. The first-order chi connectivity index (χ1) is 8.25. The van der Waals surface area contributed by atoms with Crippen molar-refractivity contribution in [3.63, 3.8) is 0 Å². The number of fused-ring (bicyclic) bond motifs is 1. The lowest BCUT2D eigenvalue weighted by Crippen LogP contribution is -2.29. The Balaban J connectivity index is 1.98. The van der Waals surface area contributed by atoms with E-state index in [1.54, 1.807) is 6.07 Å². The molecule has 3 rings (SSSR count). The predicted molar refractivity (Wildman–Crippen MR) is 56.0 cm³/mol. The summed E-state index contributed by atoms with van der Waals surface area (Å²) < 4.78 is 13.2. The molecule has 86 valence electrons. The molecule has 0 aliphatic carbocycles. The maximum absolute atomic E-state index is 13.2.